The molecule has 0 saturated heterocycles. The lowest BCUT2D eigenvalue weighted by atomic mass is 9.87. The molecule has 152 valence electrons. The molecule has 1 atom stereocenters. The van der Waals surface area contributed by atoms with Crippen molar-refractivity contribution in [2.45, 2.75) is 10.8 Å². The SMILES string of the molecule is O=[N+]([O-])CC(c1ccccc1)c1c(-c2ccccc2)[nH]c2cc(S(=O)(=O)F)ccc12. The van der Waals surface area contributed by atoms with E-state index in [0.717, 1.165) is 11.1 Å². The first kappa shape index (κ1) is 19.8. The summed E-state index contributed by atoms with van der Waals surface area (Å²) in [7, 11) is -4.88. The Hall–Kier alpha value is -3.52. The van der Waals surface area contributed by atoms with E-state index < -0.39 is 21.0 Å². The standard InChI is InChI=1S/C22H17FN2O4S/c23-30(28,29)17-11-12-18-20(13-17)24-22(16-9-5-2-6-10-16)21(18)19(14-25(26)27)15-7-3-1-4-8-15/h1-13,19,24H,14H2. The van der Waals surface area contributed by atoms with E-state index in [2.05, 4.69) is 4.98 Å². The number of aromatic nitrogens is 1. The van der Waals surface area contributed by atoms with Crippen molar-refractivity contribution < 1.29 is 17.2 Å². The summed E-state index contributed by atoms with van der Waals surface area (Å²) in [6.45, 7) is -0.347. The van der Waals surface area contributed by atoms with E-state index in [9.17, 15) is 22.4 Å². The Morgan fingerprint density at radius 3 is 2.20 bits per heavy atom. The summed E-state index contributed by atoms with van der Waals surface area (Å²) < 4.78 is 36.3. The first-order valence-corrected chi connectivity index (χ1v) is 10.6. The summed E-state index contributed by atoms with van der Waals surface area (Å²) in [5.74, 6) is -0.585. The molecule has 4 rings (SSSR count). The second-order valence-electron chi connectivity index (χ2n) is 6.90. The molecule has 6 nitrogen and oxygen atoms in total. The fourth-order valence-corrected chi connectivity index (χ4v) is 4.23. The molecule has 1 aromatic heterocycles. The van der Waals surface area contributed by atoms with Gasteiger partial charge in [0.2, 0.25) is 6.54 Å². The monoisotopic (exact) mass is 424 g/mol. The Morgan fingerprint density at radius 2 is 1.60 bits per heavy atom. The molecular formula is C22H17FN2O4S. The van der Waals surface area contributed by atoms with Crippen LogP contribution in [0, 0.1) is 10.1 Å². The van der Waals surface area contributed by atoms with E-state index in [-0.39, 0.29) is 11.5 Å². The van der Waals surface area contributed by atoms with Gasteiger partial charge in [-0.1, -0.05) is 66.7 Å². The number of fused-ring (bicyclic) bond motifs is 1. The van der Waals surface area contributed by atoms with E-state index in [0.29, 0.717) is 22.2 Å². The predicted octanol–water partition coefficient (Wildman–Crippen LogP) is 4.90. The van der Waals surface area contributed by atoms with Crippen LogP contribution in [-0.2, 0) is 10.2 Å². The number of rotatable bonds is 6. The normalized spacial score (nSPS) is 12.7. The van der Waals surface area contributed by atoms with Crippen molar-refractivity contribution in [2.24, 2.45) is 0 Å². The maximum absolute atomic E-state index is 13.5. The third-order valence-corrected chi connectivity index (χ3v) is 5.85. The first-order valence-electron chi connectivity index (χ1n) is 9.17. The summed E-state index contributed by atoms with van der Waals surface area (Å²) in [4.78, 5) is 13.8. The number of halogens is 1. The Balaban J connectivity index is 2.03. The van der Waals surface area contributed by atoms with Gasteiger partial charge < -0.3 is 4.98 Å². The van der Waals surface area contributed by atoms with Crippen LogP contribution in [-0.4, -0.2) is 24.9 Å². The average molecular weight is 424 g/mol. The topological polar surface area (TPSA) is 93.1 Å². The lowest BCUT2D eigenvalue weighted by Gasteiger charge is -2.16. The molecule has 30 heavy (non-hydrogen) atoms. The van der Waals surface area contributed by atoms with Crippen molar-refractivity contribution in [3.05, 3.63) is 100 Å². The summed E-state index contributed by atoms with van der Waals surface area (Å²) in [5, 5.41) is 12.1. The van der Waals surface area contributed by atoms with Gasteiger partial charge in [0.1, 0.15) is 4.90 Å². The van der Waals surface area contributed by atoms with Gasteiger partial charge in [0.05, 0.1) is 11.6 Å². The number of hydrogen-bond donors (Lipinski definition) is 1. The number of H-pyrrole nitrogens is 1. The largest absolute Gasteiger partial charge is 0.354 e. The number of aromatic amines is 1. The van der Waals surface area contributed by atoms with Crippen molar-refractivity contribution in [3.8, 4) is 11.3 Å². The van der Waals surface area contributed by atoms with Crippen LogP contribution in [0.3, 0.4) is 0 Å². The molecule has 1 unspecified atom stereocenters. The van der Waals surface area contributed by atoms with Crippen LogP contribution < -0.4 is 0 Å². The molecule has 8 heteroatoms. The predicted molar refractivity (Wildman–Crippen MR) is 112 cm³/mol. The van der Waals surface area contributed by atoms with Gasteiger partial charge in [0.25, 0.3) is 0 Å². The molecule has 3 aromatic carbocycles. The number of nitrogens with one attached hydrogen (secondary N) is 1. The maximum atomic E-state index is 13.5. The van der Waals surface area contributed by atoms with Crippen molar-refractivity contribution in [1.29, 1.82) is 0 Å². The van der Waals surface area contributed by atoms with Crippen LogP contribution in [0.25, 0.3) is 22.2 Å². The highest BCUT2D eigenvalue weighted by Crippen LogP contribution is 2.39. The zero-order valence-corrected chi connectivity index (χ0v) is 16.5. The Bertz CT molecular complexity index is 1320. The highest BCUT2D eigenvalue weighted by molar-refractivity contribution is 7.86. The minimum absolute atomic E-state index is 0.347. The van der Waals surface area contributed by atoms with Gasteiger partial charge in [-0.2, -0.15) is 8.42 Å². The Labute approximate surface area is 172 Å². The van der Waals surface area contributed by atoms with E-state index in [1.165, 1.54) is 18.2 Å². The number of nitro groups is 1. The smallest absolute Gasteiger partial charge is 0.332 e. The van der Waals surface area contributed by atoms with E-state index in [4.69, 9.17) is 0 Å². The highest BCUT2D eigenvalue weighted by Gasteiger charge is 2.28. The number of benzene rings is 3. The molecule has 0 spiro atoms. The second kappa shape index (κ2) is 7.72. The Kier molecular flexibility index (Phi) is 5.09. The number of hydrogen-bond acceptors (Lipinski definition) is 4. The molecule has 1 heterocycles. The zero-order chi connectivity index (χ0) is 21.3. The molecule has 1 N–H and O–H groups in total. The van der Waals surface area contributed by atoms with Crippen molar-refractivity contribution in [1.82, 2.24) is 4.98 Å². The van der Waals surface area contributed by atoms with Crippen LogP contribution in [0.1, 0.15) is 17.0 Å². The molecule has 0 aliphatic rings. The fraction of sp³-hybridized carbons (Fsp3) is 0.0909. The summed E-state index contributed by atoms with van der Waals surface area (Å²) >= 11 is 0. The van der Waals surface area contributed by atoms with Crippen molar-refractivity contribution in [3.63, 3.8) is 0 Å². The van der Waals surface area contributed by atoms with Crippen LogP contribution >= 0.6 is 0 Å². The van der Waals surface area contributed by atoms with Gasteiger partial charge in [0, 0.05) is 15.8 Å². The minimum Gasteiger partial charge on any atom is -0.354 e. The van der Waals surface area contributed by atoms with Gasteiger partial charge in [-0.15, -0.1) is 3.89 Å². The molecular weight excluding hydrogens is 407 g/mol. The van der Waals surface area contributed by atoms with Crippen LogP contribution in [0.2, 0.25) is 0 Å². The van der Waals surface area contributed by atoms with E-state index in [1.54, 1.807) is 0 Å². The summed E-state index contributed by atoms with van der Waals surface area (Å²) in [5.41, 5.74) is 3.25. The maximum Gasteiger partial charge on any atom is 0.332 e. The average Bonchev–Trinajstić information content (AvgIpc) is 3.11. The van der Waals surface area contributed by atoms with Gasteiger partial charge in [-0.05, 0) is 28.8 Å². The van der Waals surface area contributed by atoms with E-state index >= 15 is 0 Å². The zero-order valence-electron chi connectivity index (χ0n) is 15.7. The molecule has 0 aliphatic carbocycles. The van der Waals surface area contributed by atoms with Gasteiger partial charge in [-0.3, -0.25) is 10.1 Å². The first-order chi connectivity index (χ1) is 14.3. The highest BCUT2D eigenvalue weighted by atomic mass is 32.3. The van der Waals surface area contributed by atoms with Crippen LogP contribution in [0.5, 0.6) is 0 Å². The van der Waals surface area contributed by atoms with Gasteiger partial charge in [0.15, 0.2) is 0 Å². The summed E-state index contributed by atoms with van der Waals surface area (Å²) in [6, 6.07) is 22.2. The molecule has 0 fully saturated rings. The lowest BCUT2D eigenvalue weighted by Crippen LogP contribution is -2.14. The van der Waals surface area contributed by atoms with Crippen LogP contribution in [0.15, 0.2) is 83.8 Å². The van der Waals surface area contributed by atoms with E-state index in [1.807, 2.05) is 60.7 Å². The summed E-state index contributed by atoms with van der Waals surface area (Å²) in [6.07, 6.45) is 0. The quantitative estimate of drug-likeness (QED) is 0.271. The second-order valence-corrected chi connectivity index (χ2v) is 8.25. The minimum atomic E-state index is -4.88. The molecule has 0 saturated carbocycles. The lowest BCUT2D eigenvalue weighted by molar-refractivity contribution is -0.481. The molecule has 4 aromatic rings. The fourth-order valence-electron chi connectivity index (χ4n) is 3.74. The van der Waals surface area contributed by atoms with Gasteiger partial charge in [-0.25, -0.2) is 0 Å². The third-order valence-electron chi connectivity index (χ3n) is 5.04. The van der Waals surface area contributed by atoms with Crippen LogP contribution in [0.4, 0.5) is 3.89 Å². The van der Waals surface area contributed by atoms with Crippen molar-refractivity contribution >= 4 is 21.1 Å². The molecule has 0 bridgehead atoms. The third kappa shape index (κ3) is 3.81. The molecule has 0 amide bonds. The van der Waals surface area contributed by atoms with Gasteiger partial charge >= 0.3 is 10.2 Å². The van der Waals surface area contributed by atoms with Crippen molar-refractivity contribution in [2.75, 3.05) is 6.54 Å². The molecule has 0 aliphatic heterocycles. The number of nitrogens with zero attached hydrogens (tertiary/aromatic N) is 1. The molecule has 0 radical (unpaired) electrons. The Morgan fingerprint density at radius 1 is 0.967 bits per heavy atom.